The lowest BCUT2D eigenvalue weighted by Crippen LogP contribution is -2.75. The minimum absolute atomic E-state index is 0.0778. The van der Waals surface area contributed by atoms with Gasteiger partial charge in [-0.05, 0) is 109 Å². The van der Waals surface area contributed by atoms with Crippen LogP contribution in [0, 0.1) is 0 Å². The highest BCUT2D eigenvalue weighted by Gasteiger charge is 2.44. The largest absolute Gasteiger partial charge is 0.310 e. The Hall–Kier alpha value is -7.72. The molecule has 0 saturated heterocycles. The van der Waals surface area contributed by atoms with Crippen molar-refractivity contribution in [2.45, 2.75) is 19.3 Å². The Labute approximate surface area is 378 Å². The van der Waals surface area contributed by atoms with Gasteiger partial charge in [0.2, 0.25) is 0 Å². The maximum Gasteiger partial charge on any atom is 0.181 e. The van der Waals surface area contributed by atoms with Crippen LogP contribution in [0.5, 0.6) is 0 Å². The number of fused-ring (bicyclic) bond motifs is 4. The molecule has 1 aliphatic carbocycles. The first kappa shape index (κ1) is 39.1. The van der Waals surface area contributed by atoms with Crippen molar-refractivity contribution in [3.8, 4) is 11.1 Å². The zero-order valence-corrected chi connectivity index (χ0v) is 37.1. The number of anilines is 6. The van der Waals surface area contributed by atoms with Gasteiger partial charge in [0.25, 0.3) is 0 Å². The Morgan fingerprint density at radius 2 is 0.812 bits per heavy atom. The summed E-state index contributed by atoms with van der Waals surface area (Å²) in [4.78, 5) is 4.94. The van der Waals surface area contributed by atoms with Gasteiger partial charge in [-0.15, -0.1) is 0 Å². The summed E-state index contributed by atoms with van der Waals surface area (Å²) in [7, 11) is -3.17. The number of hydrogen-bond acceptors (Lipinski definition) is 2. The number of hydrogen-bond donors (Lipinski definition) is 0. The molecule has 0 amide bonds. The predicted molar refractivity (Wildman–Crippen MR) is 274 cm³/mol. The van der Waals surface area contributed by atoms with E-state index in [0.29, 0.717) is 0 Å². The molecule has 0 unspecified atom stereocenters. The van der Waals surface area contributed by atoms with Crippen molar-refractivity contribution in [2.24, 2.45) is 0 Å². The van der Waals surface area contributed by atoms with Gasteiger partial charge in [-0.3, -0.25) is 0 Å². The Kier molecular flexibility index (Phi) is 9.91. The molecule has 11 rings (SSSR count). The second kappa shape index (κ2) is 16.2. The average molecular weight is 837 g/mol. The Morgan fingerprint density at radius 1 is 0.328 bits per heavy atom. The third-order valence-electron chi connectivity index (χ3n) is 13.4. The fourth-order valence-corrected chi connectivity index (χ4v) is 15.4. The van der Waals surface area contributed by atoms with Gasteiger partial charge in [0.15, 0.2) is 8.07 Å². The quantitative estimate of drug-likeness (QED) is 0.100. The summed E-state index contributed by atoms with van der Waals surface area (Å²) in [5, 5.41) is 7.66. The zero-order chi connectivity index (χ0) is 43.1. The number of rotatable bonds is 10. The van der Waals surface area contributed by atoms with Gasteiger partial charge in [0, 0.05) is 39.2 Å². The van der Waals surface area contributed by atoms with Crippen LogP contribution in [0.2, 0.25) is 0 Å². The lowest BCUT2D eigenvalue weighted by molar-refractivity contribution is 0.660. The number of para-hydroxylation sites is 3. The van der Waals surface area contributed by atoms with Crippen molar-refractivity contribution in [1.82, 2.24) is 0 Å². The molecule has 0 saturated carbocycles. The van der Waals surface area contributed by atoms with E-state index >= 15 is 0 Å². The Morgan fingerprint density at radius 3 is 1.53 bits per heavy atom. The molecular weight excluding hydrogens is 789 g/mol. The maximum atomic E-state index is 2.50. The van der Waals surface area contributed by atoms with E-state index in [4.69, 9.17) is 0 Å². The summed E-state index contributed by atoms with van der Waals surface area (Å²) in [5.41, 5.74) is 12.1. The van der Waals surface area contributed by atoms with Gasteiger partial charge in [-0.1, -0.05) is 208 Å². The molecule has 306 valence electrons. The summed E-state index contributed by atoms with van der Waals surface area (Å²) >= 11 is 0. The van der Waals surface area contributed by atoms with Gasteiger partial charge in [0.05, 0.1) is 5.69 Å². The van der Waals surface area contributed by atoms with Crippen LogP contribution < -0.4 is 30.5 Å². The molecular formula is C61H48N2Si. The molecule has 64 heavy (non-hydrogen) atoms. The topological polar surface area (TPSA) is 6.48 Å². The molecule has 0 atom stereocenters. The molecule has 0 bridgehead atoms. The first-order valence-corrected chi connectivity index (χ1v) is 24.3. The average Bonchev–Trinajstić information content (AvgIpc) is 3.59. The molecule has 0 radical (unpaired) electrons. The maximum absolute atomic E-state index is 3.17. The van der Waals surface area contributed by atoms with Crippen LogP contribution in [0.25, 0.3) is 21.9 Å². The van der Waals surface area contributed by atoms with E-state index in [9.17, 15) is 0 Å². The summed E-state index contributed by atoms with van der Waals surface area (Å²) < 4.78 is 0. The lowest BCUT2D eigenvalue weighted by atomic mass is 9.82. The van der Waals surface area contributed by atoms with E-state index in [2.05, 4.69) is 278 Å². The molecule has 3 heteroatoms. The summed E-state index contributed by atoms with van der Waals surface area (Å²) in [6.07, 6.45) is 0. The van der Waals surface area contributed by atoms with E-state index in [1.807, 2.05) is 0 Å². The van der Waals surface area contributed by atoms with Crippen LogP contribution in [0.15, 0.2) is 255 Å². The van der Waals surface area contributed by atoms with E-state index in [-0.39, 0.29) is 5.41 Å². The van der Waals surface area contributed by atoms with Crippen LogP contribution in [0.3, 0.4) is 0 Å². The fraction of sp³-hybridized carbons (Fsp3) is 0.0492. The SMILES string of the molecule is CC1(C)c2ccccc2-c2cc(N(c3ccccc3)c3cccc([Si](c4ccccc4)(c4ccccc4)c4ccccc4N(c4ccccc4)c4cccc5ccccc45)c3)ccc21. The van der Waals surface area contributed by atoms with Crippen LogP contribution in [0.1, 0.15) is 25.0 Å². The Bertz CT molecular complexity index is 3210. The molecule has 0 aromatic heterocycles. The summed E-state index contributed by atoms with van der Waals surface area (Å²) in [5.74, 6) is 0. The van der Waals surface area contributed by atoms with E-state index < -0.39 is 8.07 Å². The standard InChI is InChI=1S/C61H48N2Si/c1-61(2)56-37-18-17-36-54(56)55-44-49(41-42-57(55)61)62(46-25-7-3-8-26-46)48-29-22-34-52(43-48)64(50-30-11-5-12-31-50,51-32-13-6-14-33-51)60-40-20-19-38-59(60)63(47-27-9-4-10-28-47)58-39-21-24-45-23-15-16-35-53(45)58/h3-44H,1-2H3. The van der Waals surface area contributed by atoms with Crippen LogP contribution in [-0.2, 0) is 5.41 Å². The second-order valence-electron chi connectivity index (χ2n) is 17.3. The minimum Gasteiger partial charge on any atom is -0.310 e. The van der Waals surface area contributed by atoms with Gasteiger partial charge < -0.3 is 9.80 Å². The van der Waals surface area contributed by atoms with E-state index in [1.165, 1.54) is 53.8 Å². The zero-order valence-electron chi connectivity index (χ0n) is 36.1. The number of benzene rings is 10. The molecule has 0 aliphatic heterocycles. The van der Waals surface area contributed by atoms with Gasteiger partial charge in [-0.2, -0.15) is 0 Å². The number of nitrogens with zero attached hydrogens (tertiary/aromatic N) is 2. The first-order valence-electron chi connectivity index (χ1n) is 22.3. The normalized spacial score (nSPS) is 12.7. The van der Waals surface area contributed by atoms with Gasteiger partial charge in [-0.25, -0.2) is 0 Å². The van der Waals surface area contributed by atoms with E-state index in [0.717, 1.165) is 34.1 Å². The molecule has 10 aromatic carbocycles. The summed E-state index contributed by atoms with van der Waals surface area (Å²) in [6.45, 7) is 4.70. The first-order chi connectivity index (χ1) is 31.5. The van der Waals surface area contributed by atoms with Crippen molar-refractivity contribution < 1.29 is 0 Å². The highest BCUT2D eigenvalue weighted by atomic mass is 28.3. The van der Waals surface area contributed by atoms with Crippen molar-refractivity contribution >= 4 is 73.7 Å². The summed E-state index contributed by atoms with van der Waals surface area (Å²) in [6, 6.07) is 94.4. The highest BCUT2D eigenvalue weighted by molar-refractivity contribution is 7.20. The van der Waals surface area contributed by atoms with E-state index in [1.54, 1.807) is 0 Å². The molecule has 1 aliphatic rings. The van der Waals surface area contributed by atoms with Crippen molar-refractivity contribution in [1.29, 1.82) is 0 Å². The second-order valence-corrected chi connectivity index (χ2v) is 21.1. The van der Waals surface area contributed by atoms with Crippen LogP contribution >= 0.6 is 0 Å². The monoisotopic (exact) mass is 836 g/mol. The molecule has 0 spiro atoms. The molecule has 0 N–H and O–H groups in total. The van der Waals surface area contributed by atoms with Crippen molar-refractivity contribution in [3.63, 3.8) is 0 Å². The Balaban J connectivity index is 1.19. The molecule has 0 fully saturated rings. The fourth-order valence-electron chi connectivity index (χ4n) is 10.5. The molecule has 2 nitrogen and oxygen atoms in total. The third kappa shape index (κ3) is 6.47. The van der Waals surface area contributed by atoms with Crippen LogP contribution in [0.4, 0.5) is 34.1 Å². The smallest absolute Gasteiger partial charge is 0.181 e. The molecule has 10 aromatic rings. The van der Waals surface area contributed by atoms with Gasteiger partial charge >= 0.3 is 0 Å². The molecule has 0 heterocycles. The third-order valence-corrected chi connectivity index (χ3v) is 18.2. The minimum atomic E-state index is -3.17. The van der Waals surface area contributed by atoms with Crippen molar-refractivity contribution in [3.05, 3.63) is 266 Å². The highest BCUT2D eigenvalue weighted by Crippen LogP contribution is 2.50. The van der Waals surface area contributed by atoms with Crippen LogP contribution in [-0.4, -0.2) is 8.07 Å². The van der Waals surface area contributed by atoms with Crippen molar-refractivity contribution in [2.75, 3.05) is 9.80 Å². The van der Waals surface area contributed by atoms with Gasteiger partial charge in [0.1, 0.15) is 0 Å². The predicted octanol–water partition coefficient (Wildman–Crippen LogP) is 13.5. The lowest BCUT2D eigenvalue weighted by Gasteiger charge is -2.39.